The summed E-state index contributed by atoms with van der Waals surface area (Å²) in [7, 11) is 1.21. The summed E-state index contributed by atoms with van der Waals surface area (Å²) in [4.78, 5) is 37.4. The van der Waals surface area contributed by atoms with E-state index in [1.54, 1.807) is 18.2 Å². The zero-order valence-corrected chi connectivity index (χ0v) is 13.0. The minimum atomic E-state index is -0.940. The second kappa shape index (κ2) is 5.99. The fraction of sp³-hybridized carbons (Fsp3) is 0.250. The Labute approximate surface area is 128 Å². The van der Waals surface area contributed by atoms with E-state index < -0.39 is 23.2 Å². The molecule has 0 aromatic carbocycles. The van der Waals surface area contributed by atoms with E-state index in [1.807, 2.05) is 0 Å². The highest BCUT2D eigenvalue weighted by atomic mass is 35.5. The van der Waals surface area contributed by atoms with Crippen LogP contribution in [-0.4, -0.2) is 35.2 Å². The quantitative estimate of drug-likeness (QED) is 0.629. The molecule has 2 rings (SSSR count). The maximum atomic E-state index is 12.2. The molecular weight excluding hydrogens is 322 g/mol. The summed E-state index contributed by atoms with van der Waals surface area (Å²) in [5.41, 5.74) is 0. The number of hydrogen-bond acceptors (Lipinski definition) is 6. The first kappa shape index (κ1) is 15.1. The fourth-order valence-electron chi connectivity index (χ4n) is 1.62. The molecule has 0 saturated carbocycles. The van der Waals surface area contributed by atoms with Crippen molar-refractivity contribution >= 4 is 57.9 Å². The van der Waals surface area contributed by atoms with Gasteiger partial charge in [-0.25, -0.2) is 4.79 Å². The number of thiophene rings is 1. The van der Waals surface area contributed by atoms with E-state index >= 15 is 0 Å². The van der Waals surface area contributed by atoms with Gasteiger partial charge in [0.25, 0.3) is 11.1 Å². The van der Waals surface area contributed by atoms with Gasteiger partial charge in [-0.1, -0.05) is 11.6 Å². The largest absolute Gasteiger partial charge is 0.467 e. The normalized spacial score (nSPS) is 18.8. The number of esters is 1. The molecule has 1 atom stereocenters. The molecule has 20 heavy (non-hydrogen) atoms. The highest BCUT2D eigenvalue weighted by Gasteiger charge is 2.41. The summed E-state index contributed by atoms with van der Waals surface area (Å²) in [5.74, 6) is -1.13. The van der Waals surface area contributed by atoms with Crippen LogP contribution in [0.3, 0.4) is 0 Å². The Kier molecular flexibility index (Phi) is 4.52. The third-order valence-electron chi connectivity index (χ3n) is 2.62. The number of ether oxygens (including phenoxy) is 1. The Bertz CT molecular complexity index is 610. The first-order valence-corrected chi connectivity index (χ1v) is 7.55. The minimum absolute atomic E-state index is 0.268. The number of methoxy groups -OCH3 is 1. The van der Waals surface area contributed by atoms with Crippen LogP contribution < -0.4 is 0 Å². The lowest BCUT2D eigenvalue weighted by Gasteiger charge is -2.18. The molecule has 0 N–H and O–H groups in total. The Balaban J connectivity index is 2.25. The van der Waals surface area contributed by atoms with Gasteiger partial charge in [0.05, 0.1) is 16.4 Å². The van der Waals surface area contributed by atoms with Crippen LogP contribution >= 0.6 is 34.7 Å². The number of carbonyl (C=O) groups excluding carboxylic acids is 3. The van der Waals surface area contributed by atoms with Crippen LogP contribution in [0.15, 0.2) is 17.0 Å². The number of nitrogens with zero attached hydrogens (tertiary/aromatic N) is 1. The van der Waals surface area contributed by atoms with Crippen molar-refractivity contribution in [1.29, 1.82) is 0 Å². The average molecular weight is 332 g/mol. The smallest absolute Gasteiger partial charge is 0.328 e. The Morgan fingerprint density at radius 2 is 2.15 bits per heavy atom. The lowest BCUT2D eigenvalue weighted by atomic mass is 10.3. The molecule has 0 radical (unpaired) electrons. The fourth-order valence-corrected chi connectivity index (χ4v) is 3.60. The van der Waals surface area contributed by atoms with Crippen LogP contribution in [0.2, 0.25) is 4.34 Å². The van der Waals surface area contributed by atoms with E-state index in [0.717, 1.165) is 21.5 Å². The average Bonchev–Trinajstić information content (AvgIpc) is 2.93. The van der Waals surface area contributed by atoms with Crippen molar-refractivity contribution in [3.05, 3.63) is 26.3 Å². The molecule has 2 amide bonds. The third kappa shape index (κ3) is 2.89. The van der Waals surface area contributed by atoms with Crippen molar-refractivity contribution in [3.63, 3.8) is 0 Å². The van der Waals surface area contributed by atoms with E-state index in [0.29, 0.717) is 4.34 Å². The first-order valence-electron chi connectivity index (χ1n) is 5.54. The van der Waals surface area contributed by atoms with E-state index in [9.17, 15) is 14.4 Å². The van der Waals surface area contributed by atoms with Crippen LogP contribution in [0, 0.1) is 0 Å². The summed E-state index contributed by atoms with van der Waals surface area (Å²) in [6, 6.07) is 2.52. The molecule has 0 aliphatic carbocycles. The van der Waals surface area contributed by atoms with E-state index in [2.05, 4.69) is 4.74 Å². The zero-order chi connectivity index (χ0) is 14.9. The van der Waals surface area contributed by atoms with Crippen LogP contribution in [0.5, 0.6) is 0 Å². The highest BCUT2D eigenvalue weighted by Crippen LogP contribution is 2.35. The van der Waals surface area contributed by atoms with Gasteiger partial charge in [-0.15, -0.1) is 11.3 Å². The maximum Gasteiger partial charge on any atom is 0.328 e. The van der Waals surface area contributed by atoms with Gasteiger partial charge in [0.2, 0.25) is 0 Å². The van der Waals surface area contributed by atoms with Gasteiger partial charge < -0.3 is 4.74 Å². The van der Waals surface area contributed by atoms with Crippen molar-refractivity contribution in [2.75, 3.05) is 7.11 Å². The number of amides is 2. The standard InChI is InChI=1S/C12H10ClNO4S2/c1-6(11(16)18-2)14-10(15)8(20-12(14)17)5-7-3-4-9(13)19-7/h3-6H,1-2H3/b8-5+. The molecule has 0 bridgehead atoms. The Morgan fingerprint density at radius 3 is 2.70 bits per heavy atom. The minimum Gasteiger partial charge on any atom is -0.467 e. The molecule has 1 aliphatic rings. The van der Waals surface area contributed by atoms with Gasteiger partial charge in [-0.3, -0.25) is 14.5 Å². The van der Waals surface area contributed by atoms with Crippen molar-refractivity contribution in [2.45, 2.75) is 13.0 Å². The molecule has 8 heteroatoms. The molecule has 1 fully saturated rings. The van der Waals surface area contributed by atoms with Gasteiger partial charge in [-0.05, 0) is 36.9 Å². The van der Waals surface area contributed by atoms with Crippen molar-refractivity contribution < 1.29 is 19.1 Å². The molecule has 1 saturated heterocycles. The molecule has 1 aromatic rings. The number of rotatable bonds is 3. The second-order valence-electron chi connectivity index (χ2n) is 3.89. The monoisotopic (exact) mass is 331 g/mol. The summed E-state index contributed by atoms with van der Waals surface area (Å²) in [5, 5.41) is -0.484. The SMILES string of the molecule is COC(=O)C(C)N1C(=O)S/C(=C/c2ccc(Cl)s2)C1=O. The first-order chi connectivity index (χ1) is 9.43. The van der Waals surface area contributed by atoms with Gasteiger partial charge in [-0.2, -0.15) is 0 Å². The van der Waals surface area contributed by atoms with Gasteiger partial charge in [0.1, 0.15) is 6.04 Å². The molecular formula is C12H10ClNO4S2. The molecule has 1 aromatic heterocycles. The van der Waals surface area contributed by atoms with Crippen LogP contribution in [0.25, 0.3) is 6.08 Å². The maximum absolute atomic E-state index is 12.2. The van der Waals surface area contributed by atoms with E-state index in [4.69, 9.17) is 11.6 Å². The van der Waals surface area contributed by atoms with E-state index in [1.165, 1.54) is 25.4 Å². The molecule has 1 aliphatic heterocycles. The third-order valence-corrected chi connectivity index (χ3v) is 4.68. The lowest BCUT2D eigenvalue weighted by molar-refractivity contribution is -0.148. The Hall–Kier alpha value is -1.31. The van der Waals surface area contributed by atoms with E-state index in [-0.39, 0.29) is 4.91 Å². The number of imide groups is 1. The van der Waals surface area contributed by atoms with Crippen molar-refractivity contribution in [1.82, 2.24) is 4.90 Å². The Morgan fingerprint density at radius 1 is 1.45 bits per heavy atom. The van der Waals surface area contributed by atoms with Crippen molar-refractivity contribution in [2.24, 2.45) is 0 Å². The molecule has 2 heterocycles. The van der Waals surface area contributed by atoms with Gasteiger partial charge in [0, 0.05) is 4.88 Å². The zero-order valence-electron chi connectivity index (χ0n) is 10.6. The van der Waals surface area contributed by atoms with Crippen LogP contribution in [-0.2, 0) is 14.3 Å². The number of carbonyl (C=O) groups is 3. The van der Waals surface area contributed by atoms with Gasteiger partial charge in [0.15, 0.2) is 0 Å². The number of hydrogen-bond donors (Lipinski definition) is 0. The predicted molar refractivity (Wildman–Crippen MR) is 78.6 cm³/mol. The number of halogens is 1. The topological polar surface area (TPSA) is 63.7 Å². The molecule has 1 unspecified atom stereocenters. The summed E-state index contributed by atoms with van der Waals surface area (Å²) in [6.07, 6.45) is 1.59. The summed E-state index contributed by atoms with van der Waals surface area (Å²) in [6.45, 7) is 1.45. The van der Waals surface area contributed by atoms with Crippen molar-refractivity contribution in [3.8, 4) is 0 Å². The molecule has 0 spiro atoms. The summed E-state index contributed by atoms with van der Waals surface area (Å²) < 4.78 is 5.14. The highest BCUT2D eigenvalue weighted by molar-refractivity contribution is 8.18. The summed E-state index contributed by atoms with van der Waals surface area (Å²) >= 11 is 7.91. The number of thioether (sulfide) groups is 1. The second-order valence-corrected chi connectivity index (χ2v) is 6.63. The van der Waals surface area contributed by atoms with Crippen LogP contribution in [0.4, 0.5) is 4.79 Å². The molecule has 106 valence electrons. The molecule has 5 nitrogen and oxygen atoms in total. The lowest BCUT2D eigenvalue weighted by Crippen LogP contribution is -2.42. The van der Waals surface area contributed by atoms with Crippen LogP contribution in [0.1, 0.15) is 11.8 Å². The predicted octanol–water partition coefficient (Wildman–Crippen LogP) is 3.00. The van der Waals surface area contributed by atoms with Gasteiger partial charge >= 0.3 is 5.97 Å².